The van der Waals surface area contributed by atoms with Crippen LogP contribution >= 0.6 is 11.8 Å². The minimum atomic E-state index is -0.447. The molecule has 0 aliphatic carbocycles. The minimum absolute atomic E-state index is 0.169. The molecule has 1 heterocycles. The summed E-state index contributed by atoms with van der Waals surface area (Å²) < 4.78 is 0. The van der Waals surface area contributed by atoms with E-state index in [2.05, 4.69) is 34.3 Å². The van der Waals surface area contributed by atoms with Crippen molar-refractivity contribution in [2.45, 2.75) is 37.1 Å². The van der Waals surface area contributed by atoms with Gasteiger partial charge in [0.1, 0.15) is 0 Å². The fourth-order valence-electron chi connectivity index (χ4n) is 2.58. The van der Waals surface area contributed by atoms with Crippen LogP contribution < -0.4 is 10.9 Å². The van der Waals surface area contributed by atoms with E-state index in [4.69, 9.17) is 0 Å². The van der Waals surface area contributed by atoms with Crippen molar-refractivity contribution in [2.75, 3.05) is 5.32 Å². The summed E-state index contributed by atoms with van der Waals surface area (Å²) in [6.07, 6.45) is 0. The number of rotatable bonds is 6. The predicted octanol–water partition coefficient (Wildman–Crippen LogP) is 4.07. The van der Waals surface area contributed by atoms with Crippen LogP contribution in [0.5, 0.6) is 0 Å². The van der Waals surface area contributed by atoms with Crippen molar-refractivity contribution in [3.63, 3.8) is 0 Å². The summed E-state index contributed by atoms with van der Waals surface area (Å²) in [4.78, 5) is 27.4. The maximum atomic E-state index is 12.4. The van der Waals surface area contributed by atoms with Crippen LogP contribution in [0.1, 0.15) is 32.3 Å². The van der Waals surface area contributed by atoms with Gasteiger partial charge in [-0.2, -0.15) is 0 Å². The van der Waals surface area contributed by atoms with Crippen molar-refractivity contribution >= 4 is 23.4 Å². The summed E-state index contributed by atoms with van der Waals surface area (Å²) in [6.45, 7) is 6.00. The van der Waals surface area contributed by atoms with Gasteiger partial charge in [0.2, 0.25) is 5.91 Å². The van der Waals surface area contributed by atoms with Crippen molar-refractivity contribution < 1.29 is 4.79 Å². The van der Waals surface area contributed by atoms with Crippen molar-refractivity contribution in [1.29, 1.82) is 0 Å². The summed E-state index contributed by atoms with van der Waals surface area (Å²) in [5, 5.41) is 10.8. The van der Waals surface area contributed by atoms with Gasteiger partial charge in [-0.15, -0.1) is 10.2 Å². The van der Waals surface area contributed by atoms with Crippen LogP contribution in [0.15, 0.2) is 64.5 Å². The minimum Gasteiger partial charge on any atom is -0.325 e. The molecule has 144 valence electrons. The van der Waals surface area contributed by atoms with Gasteiger partial charge in [-0.3, -0.25) is 14.6 Å². The van der Waals surface area contributed by atoms with Crippen LogP contribution in [-0.2, 0) is 4.79 Å². The van der Waals surface area contributed by atoms with Crippen LogP contribution in [0.3, 0.4) is 0 Å². The topological polar surface area (TPSA) is 87.7 Å². The highest BCUT2D eigenvalue weighted by Gasteiger charge is 2.17. The van der Waals surface area contributed by atoms with E-state index < -0.39 is 5.25 Å². The number of nitrogens with one attached hydrogen (secondary N) is 2. The molecule has 1 amide bonds. The third kappa shape index (κ3) is 4.86. The molecular weight excluding hydrogens is 372 g/mol. The lowest BCUT2D eigenvalue weighted by atomic mass is 10.0. The number of aromatic amines is 1. The van der Waals surface area contributed by atoms with Crippen LogP contribution in [-0.4, -0.2) is 26.3 Å². The molecule has 0 aliphatic rings. The van der Waals surface area contributed by atoms with Gasteiger partial charge in [0, 0.05) is 11.3 Å². The van der Waals surface area contributed by atoms with Crippen LogP contribution in [0, 0.1) is 0 Å². The molecule has 0 saturated heterocycles. The highest BCUT2D eigenvalue weighted by Crippen LogP contribution is 2.21. The normalized spacial score (nSPS) is 12.0. The van der Waals surface area contributed by atoms with Gasteiger partial charge in [-0.1, -0.05) is 68.1 Å². The zero-order valence-electron chi connectivity index (χ0n) is 16.0. The van der Waals surface area contributed by atoms with Gasteiger partial charge >= 0.3 is 0 Å². The monoisotopic (exact) mass is 394 g/mol. The molecule has 0 radical (unpaired) electrons. The van der Waals surface area contributed by atoms with E-state index >= 15 is 0 Å². The van der Waals surface area contributed by atoms with Crippen LogP contribution in [0.4, 0.5) is 5.69 Å². The number of thioether (sulfide) groups is 1. The number of anilines is 1. The second-order valence-electron chi connectivity index (χ2n) is 6.70. The Balaban J connectivity index is 1.65. The number of carbonyl (C=O) groups is 1. The van der Waals surface area contributed by atoms with E-state index in [9.17, 15) is 9.59 Å². The summed E-state index contributed by atoms with van der Waals surface area (Å²) in [7, 11) is 0. The molecule has 1 unspecified atom stereocenters. The molecule has 0 aliphatic heterocycles. The molecule has 0 spiro atoms. The molecule has 28 heavy (non-hydrogen) atoms. The first-order valence-corrected chi connectivity index (χ1v) is 9.92. The molecule has 2 aromatic carbocycles. The zero-order valence-corrected chi connectivity index (χ0v) is 16.8. The van der Waals surface area contributed by atoms with Gasteiger partial charge < -0.3 is 5.32 Å². The number of nitrogens with zero attached hydrogens (tertiary/aromatic N) is 2. The Labute approximate surface area is 167 Å². The van der Waals surface area contributed by atoms with Gasteiger partial charge in [-0.05, 0) is 30.5 Å². The van der Waals surface area contributed by atoms with E-state index in [1.165, 1.54) is 5.56 Å². The fourth-order valence-corrected chi connectivity index (χ4v) is 3.32. The fraction of sp³-hybridized carbons (Fsp3) is 0.238. The predicted molar refractivity (Wildman–Crippen MR) is 113 cm³/mol. The standard InChI is InChI=1S/C21H22N4O2S/c1-13(2)15-9-11-17(12-10-15)22-19(26)14(3)28-21-23-20(27)18(24-25-21)16-7-5-4-6-8-16/h4-14H,1-3H3,(H,22,26)(H,23,25,27). The molecule has 2 N–H and O–H groups in total. The Morgan fingerprint density at radius 1 is 1.00 bits per heavy atom. The summed E-state index contributed by atoms with van der Waals surface area (Å²) >= 11 is 1.16. The smallest absolute Gasteiger partial charge is 0.278 e. The van der Waals surface area contributed by atoms with Gasteiger partial charge in [0.25, 0.3) is 5.56 Å². The summed E-state index contributed by atoms with van der Waals surface area (Å²) in [6, 6.07) is 16.9. The van der Waals surface area contributed by atoms with E-state index in [-0.39, 0.29) is 17.2 Å². The van der Waals surface area contributed by atoms with E-state index in [0.717, 1.165) is 17.4 Å². The molecule has 3 aromatic rings. The average molecular weight is 395 g/mol. The number of H-pyrrole nitrogens is 1. The van der Waals surface area contributed by atoms with Gasteiger partial charge in [-0.25, -0.2) is 0 Å². The lowest BCUT2D eigenvalue weighted by Crippen LogP contribution is -2.23. The number of benzene rings is 2. The number of aromatic nitrogens is 3. The molecule has 0 bridgehead atoms. The summed E-state index contributed by atoms with van der Waals surface area (Å²) in [5.41, 5.74) is 2.57. The molecule has 3 rings (SSSR count). The van der Waals surface area contributed by atoms with E-state index in [1.807, 2.05) is 42.5 Å². The molecule has 6 nitrogen and oxygen atoms in total. The first-order chi connectivity index (χ1) is 13.4. The maximum absolute atomic E-state index is 12.4. The van der Waals surface area contributed by atoms with Gasteiger partial charge in [0.05, 0.1) is 5.25 Å². The lowest BCUT2D eigenvalue weighted by molar-refractivity contribution is -0.115. The molecule has 1 aromatic heterocycles. The third-order valence-electron chi connectivity index (χ3n) is 4.23. The maximum Gasteiger partial charge on any atom is 0.278 e. The lowest BCUT2D eigenvalue weighted by Gasteiger charge is -2.12. The Kier molecular flexibility index (Phi) is 6.26. The molecule has 7 heteroatoms. The Morgan fingerprint density at radius 2 is 1.68 bits per heavy atom. The molecule has 1 atom stereocenters. The van der Waals surface area contributed by atoms with Gasteiger partial charge in [0.15, 0.2) is 10.9 Å². The number of hydrogen-bond acceptors (Lipinski definition) is 5. The Bertz CT molecular complexity index is 1000. The van der Waals surface area contributed by atoms with E-state index in [1.54, 1.807) is 19.1 Å². The highest BCUT2D eigenvalue weighted by molar-refractivity contribution is 8.00. The van der Waals surface area contributed by atoms with E-state index in [0.29, 0.717) is 16.6 Å². The molecule has 0 saturated carbocycles. The average Bonchev–Trinajstić information content (AvgIpc) is 2.69. The van der Waals surface area contributed by atoms with Crippen LogP contribution in [0.25, 0.3) is 11.3 Å². The highest BCUT2D eigenvalue weighted by atomic mass is 32.2. The molecular formula is C21H22N4O2S. The van der Waals surface area contributed by atoms with Crippen molar-refractivity contribution in [2.24, 2.45) is 0 Å². The second-order valence-corrected chi connectivity index (χ2v) is 8.03. The van der Waals surface area contributed by atoms with Crippen LogP contribution in [0.2, 0.25) is 0 Å². The van der Waals surface area contributed by atoms with Crippen molar-refractivity contribution in [3.8, 4) is 11.3 Å². The number of amides is 1. The van der Waals surface area contributed by atoms with Crippen molar-refractivity contribution in [1.82, 2.24) is 15.2 Å². The quantitative estimate of drug-likeness (QED) is 0.615. The summed E-state index contributed by atoms with van der Waals surface area (Å²) in [5.74, 6) is 0.269. The first-order valence-electron chi connectivity index (χ1n) is 9.04. The number of carbonyl (C=O) groups excluding carboxylic acids is 1. The Hall–Kier alpha value is -2.93. The first kappa shape index (κ1) is 19.8. The Morgan fingerprint density at radius 3 is 2.29 bits per heavy atom. The second kappa shape index (κ2) is 8.84. The molecule has 0 fully saturated rings. The largest absolute Gasteiger partial charge is 0.325 e. The zero-order chi connectivity index (χ0) is 20.1. The van der Waals surface area contributed by atoms with Crippen molar-refractivity contribution in [3.05, 3.63) is 70.5 Å². The SMILES string of the molecule is CC(Sc1nnc(-c2ccccc2)c(=O)[nH]1)C(=O)Nc1ccc(C(C)C)cc1. The third-order valence-corrected chi connectivity index (χ3v) is 5.20. The number of hydrogen-bond donors (Lipinski definition) is 2.